The van der Waals surface area contributed by atoms with Crippen LogP contribution in [0.4, 0.5) is 6.01 Å². The van der Waals surface area contributed by atoms with Crippen molar-refractivity contribution in [2.75, 3.05) is 5.32 Å². The average molecular weight is 220 g/mol. The van der Waals surface area contributed by atoms with Crippen molar-refractivity contribution >= 4 is 23.1 Å². The number of hydrogen-bond acceptors (Lipinski definition) is 4. The number of rotatable bonds is 3. The Morgan fingerprint density at radius 2 is 2.31 bits per heavy atom. The molecule has 2 rings (SSSR count). The molecule has 1 unspecified atom stereocenters. The number of hydrogen-bond donors (Lipinski definition) is 2. The lowest BCUT2D eigenvalue weighted by Crippen LogP contribution is -2.25. The second kappa shape index (κ2) is 3.84. The van der Waals surface area contributed by atoms with Gasteiger partial charge in [0.1, 0.15) is 11.6 Å². The number of aromatic nitrogens is 1. The number of para-hydroxylation sites is 1. The van der Waals surface area contributed by atoms with Gasteiger partial charge in [-0.1, -0.05) is 12.1 Å². The summed E-state index contributed by atoms with van der Waals surface area (Å²) in [6.07, 6.45) is 0. The molecule has 1 aromatic heterocycles. The Hall–Kier alpha value is -2.04. The number of aliphatic carboxylic acids is 1. The zero-order chi connectivity index (χ0) is 11.7. The zero-order valence-electron chi connectivity index (χ0n) is 9.02. The maximum atomic E-state index is 10.7. The van der Waals surface area contributed by atoms with Gasteiger partial charge in [-0.2, -0.15) is 4.98 Å². The highest BCUT2D eigenvalue weighted by molar-refractivity contribution is 5.79. The van der Waals surface area contributed by atoms with Gasteiger partial charge < -0.3 is 14.8 Å². The van der Waals surface area contributed by atoms with E-state index in [1.165, 1.54) is 6.92 Å². The van der Waals surface area contributed by atoms with Gasteiger partial charge in [0, 0.05) is 0 Å². The molecular weight excluding hydrogens is 208 g/mol. The van der Waals surface area contributed by atoms with Gasteiger partial charge in [0.15, 0.2) is 5.58 Å². The van der Waals surface area contributed by atoms with Gasteiger partial charge in [0.05, 0.1) is 0 Å². The number of fused-ring (bicyclic) bond motifs is 1. The Balaban J connectivity index is 2.33. The maximum Gasteiger partial charge on any atom is 0.325 e. The van der Waals surface area contributed by atoms with E-state index < -0.39 is 12.0 Å². The number of carbonyl (C=O) groups is 1. The monoisotopic (exact) mass is 220 g/mol. The minimum Gasteiger partial charge on any atom is -0.480 e. The van der Waals surface area contributed by atoms with Gasteiger partial charge >= 0.3 is 5.97 Å². The first-order valence-electron chi connectivity index (χ1n) is 4.93. The van der Waals surface area contributed by atoms with Crippen molar-refractivity contribution in [2.45, 2.75) is 19.9 Å². The average Bonchev–Trinajstić information content (AvgIpc) is 2.61. The Labute approximate surface area is 92.1 Å². The molecule has 0 spiro atoms. The van der Waals surface area contributed by atoms with E-state index in [0.29, 0.717) is 5.58 Å². The summed E-state index contributed by atoms with van der Waals surface area (Å²) in [6, 6.07) is 5.10. The molecule has 0 radical (unpaired) electrons. The van der Waals surface area contributed by atoms with Crippen LogP contribution in [0.1, 0.15) is 12.5 Å². The van der Waals surface area contributed by atoms with E-state index in [1.807, 2.05) is 19.1 Å². The number of nitrogens with zero attached hydrogens (tertiary/aromatic N) is 1. The van der Waals surface area contributed by atoms with Crippen LogP contribution in [0.25, 0.3) is 11.1 Å². The first kappa shape index (κ1) is 10.5. The molecule has 0 aliphatic rings. The fourth-order valence-electron chi connectivity index (χ4n) is 1.39. The molecule has 0 fully saturated rings. The zero-order valence-corrected chi connectivity index (χ0v) is 9.02. The van der Waals surface area contributed by atoms with Crippen LogP contribution in [-0.2, 0) is 4.79 Å². The summed E-state index contributed by atoms with van der Waals surface area (Å²) < 4.78 is 5.38. The maximum absolute atomic E-state index is 10.7. The normalized spacial score (nSPS) is 12.6. The molecule has 2 N–H and O–H groups in total. The molecule has 84 valence electrons. The van der Waals surface area contributed by atoms with Crippen LogP contribution in [0.15, 0.2) is 22.6 Å². The van der Waals surface area contributed by atoms with E-state index >= 15 is 0 Å². The quantitative estimate of drug-likeness (QED) is 0.827. The van der Waals surface area contributed by atoms with Gasteiger partial charge in [-0.15, -0.1) is 0 Å². The van der Waals surface area contributed by atoms with Crippen molar-refractivity contribution in [3.63, 3.8) is 0 Å². The van der Waals surface area contributed by atoms with Crippen LogP contribution in [-0.4, -0.2) is 22.1 Å². The molecule has 16 heavy (non-hydrogen) atoms. The first-order chi connectivity index (χ1) is 7.58. The topological polar surface area (TPSA) is 75.4 Å². The van der Waals surface area contributed by atoms with E-state index in [4.69, 9.17) is 9.52 Å². The Morgan fingerprint density at radius 1 is 1.56 bits per heavy atom. The summed E-state index contributed by atoms with van der Waals surface area (Å²) in [6.45, 7) is 3.46. The lowest BCUT2D eigenvalue weighted by Gasteiger charge is -2.04. The smallest absolute Gasteiger partial charge is 0.325 e. The summed E-state index contributed by atoms with van der Waals surface area (Å²) in [5, 5.41) is 11.4. The molecule has 0 saturated heterocycles. The van der Waals surface area contributed by atoms with Crippen LogP contribution in [0.2, 0.25) is 0 Å². The summed E-state index contributed by atoms with van der Waals surface area (Å²) in [5.41, 5.74) is 2.40. The van der Waals surface area contributed by atoms with Crippen LogP contribution in [0.5, 0.6) is 0 Å². The van der Waals surface area contributed by atoms with E-state index in [0.717, 1.165) is 11.1 Å². The van der Waals surface area contributed by atoms with Crippen molar-refractivity contribution in [1.82, 2.24) is 4.98 Å². The molecule has 5 nitrogen and oxygen atoms in total. The second-order valence-corrected chi connectivity index (χ2v) is 3.64. The predicted molar refractivity (Wildman–Crippen MR) is 59.5 cm³/mol. The fraction of sp³-hybridized carbons (Fsp3) is 0.273. The van der Waals surface area contributed by atoms with Crippen molar-refractivity contribution in [3.05, 3.63) is 23.8 Å². The largest absolute Gasteiger partial charge is 0.480 e. The van der Waals surface area contributed by atoms with E-state index in [2.05, 4.69) is 10.3 Å². The molecule has 0 bridgehead atoms. The van der Waals surface area contributed by atoms with Crippen LogP contribution in [0, 0.1) is 6.92 Å². The number of nitrogens with one attached hydrogen (secondary N) is 1. The number of carboxylic acid groups (broad SMARTS) is 1. The third-order valence-corrected chi connectivity index (χ3v) is 2.33. The highest BCUT2D eigenvalue weighted by Gasteiger charge is 2.14. The molecule has 0 aliphatic carbocycles. The Bertz CT molecular complexity index is 533. The minimum absolute atomic E-state index is 0.235. The third kappa shape index (κ3) is 1.84. The SMILES string of the molecule is Cc1cccc2oc(NC(C)C(=O)O)nc12. The van der Waals surface area contributed by atoms with Crippen molar-refractivity contribution in [3.8, 4) is 0 Å². The molecule has 5 heteroatoms. The standard InChI is InChI=1S/C11H12N2O3/c1-6-4-3-5-8-9(6)13-11(16-8)12-7(2)10(14)15/h3-5,7H,1-2H3,(H,12,13)(H,14,15). The predicted octanol–water partition coefficient (Wildman–Crippen LogP) is 2.02. The van der Waals surface area contributed by atoms with E-state index in [1.54, 1.807) is 6.07 Å². The Morgan fingerprint density at radius 3 is 2.94 bits per heavy atom. The number of benzene rings is 1. The molecule has 0 aliphatic heterocycles. The number of aryl methyl sites for hydroxylation is 1. The molecular formula is C11H12N2O3. The van der Waals surface area contributed by atoms with Gasteiger partial charge in [-0.25, -0.2) is 0 Å². The van der Waals surface area contributed by atoms with Crippen LogP contribution >= 0.6 is 0 Å². The summed E-state index contributed by atoms with van der Waals surface area (Å²) in [5.74, 6) is -0.945. The van der Waals surface area contributed by atoms with Crippen LogP contribution < -0.4 is 5.32 Å². The number of anilines is 1. The lowest BCUT2D eigenvalue weighted by molar-refractivity contribution is -0.137. The Kier molecular flexibility index (Phi) is 2.52. The van der Waals surface area contributed by atoms with E-state index in [9.17, 15) is 4.79 Å². The molecule has 0 saturated carbocycles. The van der Waals surface area contributed by atoms with Gasteiger partial charge in [0.2, 0.25) is 0 Å². The number of carboxylic acids is 1. The third-order valence-electron chi connectivity index (χ3n) is 2.33. The number of oxazole rings is 1. The lowest BCUT2D eigenvalue weighted by atomic mass is 10.2. The first-order valence-corrected chi connectivity index (χ1v) is 4.93. The second-order valence-electron chi connectivity index (χ2n) is 3.64. The summed E-state index contributed by atoms with van der Waals surface area (Å²) >= 11 is 0. The molecule has 1 heterocycles. The van der Waals surface area contributed by atoms with Gasteiger partial charge in [-0.05, 0) is 25.5 Å². The summed E-state index contributed by atoms with van der Waals surface area (Å²) in [4.78, 5) is 14.8. The molecule has 1 aromatic carbocycles. The molecule has 1 atom stereocenters. The van der Waals surface area contributed by atoms with Crippen molar-refractivity contribution in [2.24, 2.45) is 0 Å². The highest BCUT2D eigenvalue weighted by Crippen LogP contribution is 2.21. The summed E-state index contributed by atoms with van der Waals surface area (Å²) in [7, 11) is 0. The van der Waals surface area contributed by atoms with E-state index in [-0.39, 0.29) is 6.01 Å². The minimum atomic E-state index is -0.945. The van der Waals surface area contributed by atoms with Crippen molar-refractivity contribution in [1.29, 1.82) is 0 Å². The highest BCUT2D eigenvalue weighted by atomic mass is 16.4. The molecule has 2 aromatic rings. The van der Waals surface area contributed by atoms with Gasteiger partial charge in [0.25, 0.3) is 6.01 Å². The van der Waals surface area contributed by atoms with Gasteiger partial charge in [-0.3, -0.25) is 4.79 Å². The molecule has 0 amide bonds. The fourth-order valence-corrected chi connectivity index (χ4v) is 1.39. The van der Waals surface area contributed by atoms with Crippen LogP contribution in [0.3, 0.4) is 0 Å². The van der Waals surface area contributed by atoms with Crippen molar-refractivity contribution < 1.29 is 14.3 Å².